The highest BCUT2D eigenvalue weighted by molar-refractivity contribution is 5.94. The first-order valence-electron chi connectivity index (χ1n) is 4.09. The van der Waals surface area contributed by atoms with Crippen LogP contribution < -0.4 is 0 Å². The first-order chi connectivity index (χ1) is 6.15. The predicted octanol–water partition coefficient (Wildman–Crippen LogP) is -0.0572. The van der Waals surface area contributed by atoms with E-state index in [9.17, 15) is 9.59 Å². The summed E-state index contributed by atoms with van der Waals surface area (Å²) in [5.74, 6) is 3.37. The average Bonchev–Trinajstić information content (AvgIpc) is 2.52. The molecule has 0 radical (unpaired) electrons. The van der Waals surface area contributed by atoms with Crippen molar-refractivity contribution in [1.82, 2.24) is 4.90 Å². The Balaban J connectivity index is 2.53. The van der Waals surface area contributed by atoms with E-state index in [1.54, 1.807) is 6.92 Å². The van der Waals surface area contributed by atoms with Gasteiger partial charge in [-0.2, -0.15) is 0 Å². The van der Waals surface area contributed by atoms with Crippen LogP contribution in [0.5, 0.6) is 0 Å². The smallest absolute Gasteiger partial charge is 0.308 e. The number of hydrogen-bond acceptors (Lipinski definition) is 2. The monoisotopic (exact) mass is 181 g/mol. The maximum Gasteiger partial charge on any atom is 0.308 e. The topological polar surface area (TPSA) is 57.6 Å². The summed E-state index contributed by atoms with van der Waals surface area (Å²) < 4.78 is 0. The van der Waals surface area contributed by atoms with Gasteiger partial charge in [-0.1, -0.05) is 5.92 Å². The van der Waals surface area contributed by atoms with Crippen LogP contribution in [0.15, 0.2) is 0 Å². The van der Waals surface area contributed by atoms with Crippen LogP contribution in [0.1, 0.15) is 13.3 Å². The van der Waals surface area contributed by atoms with E-state index in [0.717, 1.165) is 0 Å². The Labute approximate surface area is 76.5 Å². The zero-order valence-corrected chi connectivity index (χ0v) is 7.41. The fourth-order valence-corrected chi connectivity index (χ4v) is 1.33. The molecule has 1 heterocycles. The minimum atomic E-state index is -0.834. The van der Waals surface area contributed by atoms with Crippen LogP contribution in [0.2, 0.25) is 0 Å². The summed E-state index contributed by atoms with van der Waals surface area (Å²) in [6.45, 7) is 2.38. The number of carboxylic acid groups (broad SMARTS) is 1. The molecule has 1 N–H and O–H groups in total. The standard InChI is InChI=1S/C9H11NO3/c1-2-3-8(11)10-5-4-7(6-10)9(12)13/h7H,4-6H2,1H3,(H,12,13). The molecule has 1 rings (SSSR count). The van der Waals surface area contributed by atoms with E-state index < -0.39 is 11.9 Å². The highest BCUT2D eigenvalue weighted by Crippen LogP contribution is 2.15. The Morgan fingerprint density at radius 1 is 1.54 bits per heavy atom. The molecule has 1 atom stereocenters. The molecule has 1 amide bonds. The molecule has 0 spiro atoms. The summed E-state index contributed by atoms with van der Waals surface area (Å²) in [6.07, 6.45) is 0.534. The van der Waals surface area contributed by atoms with E-state index in [0.29, 0.717) is 19.5 Å². The van der Waals surface area contributed by atoms with Gasteiger partial charge in [0.2, 0.25) is 0 Å². The highest BCUT2D eigenvalue weighted by atomic mass is 16.4. The van der Waals surface area contributed by atoms with Gasteiger partial charge < -0.3 is 10.0 Å². The van der Waals surface area contributed by atoms with Gasteiger partial charge >= 0.3 is 5.97 Å². The number of nitrogens with zero attached hydrogens (tertiary/aromatic N) is 1. The predicted molar refractivity (Wildman–Crippen MR) is 45.8 cm³/mol. The number of carboxylic acids is 1. The highest BCUT2D eigenvalue weighted by Gasteiger charge is 2.29. The van der Waals surface area contributed by atoms with Gasteiger partial charge in [-0.3, -0.25) is 9.59 Å². The SMILES string of the molecule is CC#CC(=O)N1CCC(C(=O)O)C1. The first-order valence-corrected chi connectivity index (χ1v) is 4.09. The number of carbonyl (C=O) groups is 2. The van der Waals surface area contributed by atoms with Crippen LogP contribution >= 0.6 is 0 Å². The molecule has 1 aliphatic rings. The fraction of sp³-hybridized carbons (Fsp3) is 0.556. The van der Waals surface area contributed by atoms with Gasteiger partial charge in [0.25, 0.3) is 5.91 Å². The Morgan fingerprint density at radius 3 is 2.69 bits per heavy atom. The summed E-state index contributed by atoms with van der Waals surface area (Å²) >= 11 is 0. The third-order valence-corrected chi connectivity index (χ3v) is 2.06. The van der Waals surface area contributed by atoms with Gasteiger partial charge in [-0.05, 0) is 19.3 Å². The van der Waals surface area contributed by atoms with Crippen molar-refractivity contribution in [2.75, 3.05) is 13.1 Å². The second-order valence-electron chi connectivity index (χ2n) is 2.95. The van der Waals surface area contributed by atoms with Crippen LogP contribution in [-0.2, 0) is 9.59 Å². The summed E-state index contributed by atoms with van der Waals surface area (Å²) in [6, 6.07) is 0. The molecule has 0 aromatic rings. The fourth-order valence-electron chi connectivity index (χ4n) is 1.33. The molecule has 1 aliphatic heterocycles. The van der Waals surface area contributed by atoms with Crippen molar-refractivity contribution >= 4 is 11.9 Å². The van der Waals surface area contributed by atoms with E-state index in [4.69, 9.17) is 5.11 Å². The lowest BCUT2D eigenvalue weighted by molar-refractivity contribution is -0.141. The second kappa shape index (κ2) is 3.94. The zero-order chi connectivity index (χ0) is 9.84. The van der Waals surface area contributed by atoms with Crippen molar-refractivity contribution in [3.63, 3.8) is 0 Å². The molecule has 0 aliphatic carbocycles. The van der Waals surface area contributed by atoms with Gasteiger partial charge in [0, 0.05) is 13.1 Å². The van der Waals surface area contributed by atoms with Crippen molar-refractivity contribution in [3.05, 3.63) is 0 Å². The number of carbonyl (C=O) groups excluding carboxylic acids is 1. The van der Waals surface area contributed by atoms with E-state index in [2.05, 4.69) is 11.8 Å². The molecule has 1 saturated heterocycles. The third-order valence-electron chi connectivity index (χ3n) is 2.06. The Bertz CT molecular complexity index is 287. The van der Waals surface area contributed by atoms with E-state index in [-0.39, 0.29) is 5.91 Å². The van der Waals surface area contributed by atoms with Crippen LogP contribution in [0.25, 0.3) is 0 Å². The van der Waals surface area contributed by atoms with Gasteiger partial charge in [-0.15, -0.1) is 0 Å². The minimum absolute atomic E-state index is 0.272. The maximum atomic E-state index is 11.2. The average molecular weight is 181 g/mol. The summed E-state index contributed by atoms with van der Waals surface area (Å²) in [4.78, 5) is 23.2. The summed E-state index contributed by atoms with van der Waals surface area (Å²) in [5, 5.41) is 8.67. The number of amides is 1. The molecular formula is C9H11NO3. The molecule has 4 heteroatoms. The second-order valence-corrected chi connectivity index (χ2v) is 2.95. The summed E-state index contributed by atoms with van der Waals surface area (Å²) in [7, 11) is 0. The number of hydrogen-bond donors (Lipinski definition) is 1. The number of rotatable bonds is 1. The molecule has 4 nitrogen and oxygen atoms in total. The Morgan fingerprint density at radius 2 is 2.23 bits per heavy atom. The minimum Gasteiger partial charge on any atom is -0.481 e. The van der Waals surface area contributed by atoms with E-state index in [1.807, 2.05) is 0 Å². The van der Waals surface area contributed by atoms with Crippen LogP contribution in [-0.4, -0.2) is 35.0 Å². The molecule has 13 heavy (non-hydrogen) atoms. The van der Waals surface area contributed by atoms with Gasteiger partial charge in [0.05, 0.1) is 5.92 Å². The van der Waals surface area contributed by atoms with Crippen LogP contribution in [0.4, 0.5) is 0 Å². The summed E-state index contributed by atoms with van der Waals surface area (Å²) in [5.41, 5.74) is 0. The van der Waals surface area contributed by atoms with E-state index in [1.165, 1.54) is 4.90 Å². The third kappa shape index (κ3) is 2.22. The lowest BCUT2D eigenvalue weighted by Gasteiger charge is -2.10. The molecular weight excluding hydrogens is 170 g/mol. The number of likely N-dealkylation sites (tertiary alicyclic amines) is 1. The van der Waals surface area contributed by atoms with Crippen molar-refractivity contribution in [3.8, 4) is 11.8 Å². The molecule has 70 valence electrons. The lowest BCUT2D eigenvalue weighted by atomic mass is 10.1. The van der Waals surface area contributed by atoms with Crippen molar-refractivity contribution < 1.29 is 14.7 Å². The Kier molecular flexibility index (Phi) is 2.91. The van der Waals surface area contributed by atoms with Gasteiger partial charge in [0.15, 0.2) is 0 Å². The largest absolute Gasteiger partial charge is 0.481 e. The van der Waals surface area contributed by atoms with Crippen LogP contribution in [0.3, 0.4) is 0 Å². The Hall–Kier alpha value is -1.50. The quantitative estimate of drug-likeness (QED) is 0.577. The molecule has 1 unspecified atom stereocenters. The number of aliphatic carboxylic acids is 1. The molecule has 0 aromatic heterocycles. The van der Waals surface area contributed by atoms with E-state index >= 15 is 0 Å². The molecule has 0 saturated carbocycles. The van der Waals surface area contributed by atoms with Crippen molar-refractivity contribution in [2.24, 2.45) is 5.92 Å². The van der Waals surface area contributed by atoms with Crippen molar-refractivity contribution in [2.45, 2.75) is 13.3 Å². The van der Waals surface area contributed by atoms with Crippen molar-refractivity contribution in [1.29, 1.82) is 0 Å². The molecule has 1 fully saturated rings. The molecule has 0 bridgehead atoms. The normalized spacial score (nSPS) is 20.7. The first kappa shape index (κ1) is 9.59. The maximum absolute atomic E-state index is 11.2. The zero-order valence-electron chi connectivity index (χ0n) is 7.41. The van der Waals surface area contributed by atoms with Gasteiger partial charge in [-0.25, -0.2) is 0 Å². The lowest BCUT2D eigenvalue weighted by Crippen LogP contribution is -2.28. The molecule has 0 aromatic carbocycles. The van der Waals surface area contributed by atoms with Gasteiger partial charge in [0.1, 0.15) is 0 Å². The van der Waals surface area contributed by atoms with Crippen LogP contribution in [0, 0.1) is 17.8 Å².